The summed E-state index contributed by atoms with van der Waals surface area (Å²) in [5.41, 5.74) is 1.49. The second-order valence-electron chi connectivity index (χ2n) is 5.57. The van der Waals surface area contributed by atoms with Crippen LogP contribution in [0.1, 0.15) is 53.5 Å². The summed E-state index contributed by atoms with van der Waals surface area (Å²) in [5.74, 6) is -0.0526. The van der Waals surface area contributed by atoms with Crippen LogP contribution in [0.25, 0.3) is 0 Å². The standard InChI is InChI=1S/C19H30N2O5/c1-6-24-16(25-7-2)9-10-21-18(22)14-11-13(4)17(26-8-3)15(12-14)19(23)20-5/h11-12,16H,6-10H2,1-5H3,(H,20,23)(H,21,22). The van der Waals surface area contributed by atoms with E-state index in [0.717, 1.165) is 5.56 Å². The lowest BCUT2D eigenvalue weighted by atomic mass is 10.0. The normalized spacial score (nSPS) is 10.7. The topological polar surface area (TPSA) is 85.9 Å². The molecule has 0 radical (unpaired) electrons. The lowest BCUT2D eigenvalue weighted by Crippen LogP contribution is -2.29. The molecule has 1 aromatic carbocycles. The molecule has 0 unspecified atom stereocenters. The van der Waals surface area contributed by atoms with Gasteiger partial charge in [0.05, 0.1) is 12.2 Å². The van der Waals surface area contributed by atoms with Gasteiger partial charge in [-0.05, 0) is 45.4 Å². The van der Waals surface area contributed by atoms with Crippen LogP contribution in [0.5, 0.6) is 5.75 Å². The fourth-order valence-corrected chi connectivity index (χ4v) is 2.54. The minimum absolute atomic E-state index is 0.256. The van der Waals surface area contributed by atoms with E-state index in [9.17, 15) is 9.59 Å². The summed E-state index contributed by atoms with van der Waals surface area (Å²) in [7, 11) is 1.54. The SMILES string of the molecule is CCOc1c(C)cc(C(=O)NCCC(OCC)OCC)cc1C(=O)NC. The van der Waals surface area contributed by atoms with Crippen molar-refractivity contribution in [3.8, 4) is 5.75 Å². The number of carbonyl (C=O) groups is 2. The Labute approximate surface area is 155 Å². The first kappa shape index (κ1) is 21.9. The maximum Gasteiger partial charge on any atom is 0.254 e. The van der Waals surface area contributed by atoms with Crippen molar-refractivity contribution in [2.24, 2.45) is 0 Å². The maximum absolute atomic E-state index is 12.5. The van der Waals surface area contributed by atoms with Crippen molar-refractivity contribution >= 4 is 11.8 Å². The molecule has 7 heteroatoms. The van der Waals surface area contributed by atoms with Crippen molar-refractivity contribution in [2.75, 3.05) is 33.4 Å². The molecule has 0 spiro atoms. The summed E-state index contributed by atoms with van der Waals surface area (Å²) in [6.45, 7) is 9.40. The lowest BCUT2D eigenvalue weighted by molar-refractivity contribution is -0.138. The van der Waals surface area contributed by atoms with Crippen LogP contribution in [0.2, 0.25) is 0 Å². The van der Waals surface area contributed by atoms with E-state index in [1.54, 1.807) is 19.2 Å². The fraction of sp³-hybridized carbons (Fsp3) is 0.579. The number of amides is 2. The average Bonchev–Trinajstić information content (AvgIpc) is 2.62. The zero-order valence-corrected chi connectivity index (χ0v) is 16.3. The summed E-state index contributed by atoms with van der Waals surface area (Å²) in [6, 6.07) is 3.27. The van der Waals surface area contributed by atoms with Gasteiger partial charge in [0.2, 0.25) is 0 Å². The molecule has 0 aromatic heterocycles. The van der Waals surface area contributed by atoms with Crippen LogP contribution in [-0.4, -0.2) is 51.5 Å². The first-order chi connectivity index (χ1) is 12.5. The van der Waals surface area contributed by atoms with Crippen LogP contribution in [0.15, 0.2) is 12.1 Å². The van der Waals surface area contributed by atoms with Crippen molar-refractivity contribution in [1.29, 1.82) is 0 Å². The third kappa shape index (κ3) is 6.31. The van der Waals surface area contributed by atoms with Gasteiger partial charge in [-0.1, -0.05) is 0 Å². The number of benzene rings is 1. The predicted octanol–water partition coefficient (Wildman–Crippen LogP) is 2.27. The van der Waals surface area contributed by atoms with E-state index < -0.39 is 0 Å². The molecular weight excluding hydrogens is 336 g/mol. The number of nitrogens with one attached hydrogen (secondary N) is 2. The molecule has 146 valence electrons. The maximum atomic E-state index is 12.5. The molecule has 1 rings (SSSR count). The van der Waals surface area contributed by atoms with E-state index in [1.165, 1.54) is 0 Å². The van der Waals surface area contributed by atoms with Gasteiger partial charge >= 0.3 is 0 Å². The Balaban J connectivity index is 2.85. The number of hydrogen-bond donors (Lipinski definition) is 2. The highest BCUT2D eigenvalue weighted by Crippen LogP contribution is 2.25. The molecule has 26 heavy (non-hydrogen) atoms. The van der Waals surface area contributed by atoms with E-state index in [0.29, 0.717) is 49.7 Å². The van der Waals surface area contributed by atoms with Crippen molar-refractivity contribution in [2.45, 2.75) is 40.4 Å². The largest absolute Gasteiger partial charge is 0.493 e. The quantitative estimate of drug-likeness (QED) is 0.587. The van der Waals surface area contributed by atoms with Crippen LogP contribution in [-0.2, 0) is 9.47 Å². The van der Waals surface area contributed by atoms with Gasteiger partial charge in [0.1, 0.15) is 5.75 Å². The van der Waals surface area contributed by atoms with E-state index in [4.69, 9.17) is 14.2 Å². The van der Waals surface area contributed by atoms with E-state index in [2.05, 4.69) is 10.6 Å². The molecule has 0 saturated heterocycles. The summed E-state index contributed by atoms with van der Waals surface area (Å²) in [5, 5.41) is 5.41. The molecule has 0 saturated carbocycles. The van der Waals surface area contributed by atoms with Crippen molar-refractivity contribution < 1.29 is 23.8 Å². The number of ether oxygens (including phenoxy) is 3. The molecule has 0 fully saturated rings. The highest BCUT2D eigenvalue weighted by molar-refractivity contribution is 6.02. The third-order valence-corrected chi connectivity index (χ3v) is 3.67. The highest BCUT2D eigenvalue weighted by atomic mass is 16.7. The van der Waals surface area contributed by atoms with Crippen LogP contribution >= 0.6 is 0 Å². The Morgan fingerprint density at radius 1 is 1.04 bits per heavy atom. The fourth-order valence-electron chi connectivity index (χ4n) is 2.54. The Bertz CT molecular complexity index is 598. The minimum atomic E-state index is -0.339. The Hall–Kier alpha value is -2.12. The Morgan fingerprint density at radius 3 is 2.23 bits per heavy atom. The second-order valence-corrected chi connectivity index (χ2v) is 5.57. The van der Waals surface area contributed by atoms with Crippen molar-refractivity contribution in [1.82, 2.24) is 10.6 Å². The molecule has 2 amide bonds. The highest BCUT2D eigenvalue weighted by Gasteiger charge is 2.18. The number of rotatable bonds is 11. The van der Waals surface area contributed by atoms with Crippen LogP contribution in [0.3, 0.4) is 0 Å². The summed E-state index contributed by atoms with van der Waals surface area (Å²) in [4.78, 5) is 24.6. The first-order valence-electron chi connectivity index (χ1n) is 8.99. The van der Waals surface area contributed by atoms with Gasteiger partial charge in [0.25, 0.3) is 11.8 Å². The smallest absolute Gasteiger partial charge is 0.254 e. The van der Waals surface area contributed by atoms with Gasteiger partial charge in [0, 0.05) is 38.8 Å². The van der Waals surface area contributed by atoms with Gasteiger partial charge in [-0.2, -0.15) is 0 Å². The molecule has 0 aliphatic rings. The monoisotopic (exact) mass is 366 g/mol. The molecule has 0 aliphatic carbocycles. The molecule has 1 aromatic rings. The predicted molar refractivity (Wildman–Crippen MR) is 99.7 cm³/mol. The first-order valence-corrected chi connectivity index (χ1v) is 8.99. The molecule has 0 atom stereocenters. The molecule has 7 nitrogen and oxygen atoms in total. The van der Waals surface area contributed by atoms with Crippen molar-refractivity contribution in [3.63, 3.8) is 0 Å². The molecule has 0 bridgehead atoms. The molecule has 0 aliphatic heterocycles. The zero-order valence-electron chi connectivity index (χ0n) is 16.3. The van der Waals surface area contributed by atoms with Gasteiger partial charge < -0.3 is 24.8 Å². The number of carbonyl (C=O) groups excluding carboxylic acids is 2. The van der Waals surface area contributed by atoms with Gasteiger partial charge in [-0.3, -0.25) is 9.59 Å². The van der Waals surface area contributed by atoms with Crippen LogP contribution in [0.4, 0.5) is 0 Å². The van der Waals surface area contributed by atoms with E-state index >= 15 is 0 Å². The van der Waals surface area contributed by atoms with Crippen molar-refractivity contribution in [3.05, 3.63) is 28.8 Å². The Morgan fingerprint density at radius 2 is 1.69 bits per heavy atom. The number of aryl methyl sites for hydroxylation is 1. The van der Waals surface area contributed by atoms with E-state index in [-0.39, 0.29) is 18.1 Å². The third-order valence-electron chi connectivity index (χ3n) is 3.67. The van der Waals surface area contributed by atoms with Gasteiger partial charge in [-0.15, -0.1) is 0 Å². The van der Waals surface area contributed by atoms with Crippen LogP contribution in [0, 0.1) is 6.92 Å². The minimum Gasteiger partial charge on any atom is -0.493 e. The summed E-state index contributed by atoms with van der Waals surface area (Å²) in [6.07, 6.45) is 0.208. The lowest BCUT2D eigenvalue weighted by Gasteiger charge is -2.17. The second kappa shape index (κ2) is 11.5. The zero-order chi connectivity index (χ0) is 19.5. The Kier molecular flexibility index (Phi) is 9.69. The molecule has 0 heterocycles. The van der Waals surface area contributed by atoms with E-state index in [1.807, 2.05) is 27.7 Å². The van der Waals surface area contributed by atoms with Crippen LogP contribution < -0.4 is 15.4 Å². The molecule has 2 N–H and O–H groups in total. The van der Waals surface area contributed by atoms with Gasteiger partial charge in [-0.25, -0.2) is 0 Å². The summed E-state index contributed by atoms with van der Waals surface area (Å²) >= 11 is 0. The van der Waals surface area contributed by atoms with Gasteiger partial charge in [0.15, 0.2) is 6.29 Å². The molecular formula is C19H30N2O5. The summed E-state index contributed by atoms with van der Waals surface area (Å²) < 4.78 is 16.5. The average molecular weight is 366 g/mol. The number of hydrogen-bond acceptors (Lipinski definition) is 5.